The summed E-state index contributed by atoms with van der Waals surface area (Å²) in [5.74, 6) is -1.08. The number of likely N-dealkylation sites (N-methyl/N-ethyl adjacent to an activating group) is 1. The van der Waals surface area contributed by atoms with Crippen LogP contribution in [0, 0.1) is 5.92 Å². The number of rotatable bonds is 6. The van der Waals surface area contributed by atoms with E-state index in [4.69, 9.17) is 23.7 Å². The lowest BCUT2D eigenvalue weighted by Crippen LogP contribution is -2.78. The average molecular weight is 462 g/mol. The largest absolute Gasteiger partial charge is 0.504 e. The molecule has 2 bridgehead atoms. The van der Waals surface area contributed by atoms with Crippen LogP contribution in [0.4, 0.5) is 0 Å². The van der Waals surface area contributed by atoms with Crippen LogP contribution in [-0.2, 0) is 29.2 Å². The van der Waals surface area contributed by atoms with E-state index in [1.165, 1.54) is 0 Å². The zero-order valence-electron chi connectivity index (χ0n) is 20.3. The second kappa shape index (κ2) is 7.57. The quantitative estimate of drug-likeness (QED) is 0.648. The van der Waals surface area contributed by atoms with Crippen molar-refractivity contribution in [2.75, 3.05) is 34.9 Å². The molecule has 1 spiro atoms. The van der Waals surface area contributed by atoms with Crippen LogP contribution in [-0.4, -0.2) is 74.4 Å². The van der Waals surface area contributed by atoms with Crippen molar-refractivity contribution in [3.63, 3.8) is 0 Å². The molecule has 1 saturated carbocycles. The van der Waals surface area contributed by atoms with E-state index < -0.39 is 28.9 Å². The lowest BCUT2D eigenvalue weighted by Gasteiger charge is -2.61. The minimum Gasteiger partial charge on any atom is -0.504 e. The van der Waals surface area contributed by atoms with E-state index in [1.807, 2.05) is 19.9 Å². The van der Waals surface area contributed by atoms with E-state index in [9.17, 15) is 9.90 Å². The minimum atomic E-state index is -1.17. The van der Waals surface area contributed by atoms with Gasteiger partial charge in [0, 0.05) is 31.6 Å². The molecule has 1 aromatic carbocycles. The van der Waals surface area contributed by atoms with Gasteiger partial charge in [-0.25, -0.2) is 0 Å². The lowest BCUT2D eigenvalue weighted by molar-refractivity contribution is -0.340. The van der Waals surface area contributed by atoms with E-state index in [0.29, 0.717) is 25.0 Å². The molecular formula is C25H35NO7. The second-order valence-electron chi connectivity index (χ2n) is 10.0. The van der Waals surface area contributed by atoms with Crippen LogP contribution in [0.2, 0.25) is 0 Å². The van der Waals surface area contributed by atoms with E-state index in [2.05, 4.69) is 11.9 Å². The molecule has 0 amide bonds. The van der Waals surface area contributed by atoms with Crippen LogP contribution in [0.5, 0.6) is 11.5 Å². The summed E-state index contributed by atoms with van der Waals surface area (Å²) in [6, 6.07) is 3.78. The molecule has 2 heterocycles. The first-order valence-electron chi connectivity index (χ1n) is 11.8. The molecule has 5 rings (SSSR count). The predicted octanol–water partition coefficient (Wildman–Crippen LogP) is 2.91. The number of hydrogen-bond donors (Lipinski definition) is 1. The number of phenols is 1. The van der Waals surface area contributed by atoms with Gasteiger partial charge in [0.05, 0.1) is 24.7 Å². The fourth-order valence-corrected chi connectivity index (χ4v) is 7.41. The van der Waals surface area contributed by atoms with Crippen molar-refractivity contribution in [3.05, 3.63) is 23.3 Å². The van der Waals surface area contributed by atoms with Crippen LogP contribution in [0.25, 0.3) is 0 Å². The van der Waals surface area contributed by atoms with Crippen LogP contribution in [0.3, 0.4) is 0 Å². The summed E-state index contributed by atoms with van der Waals surface area (Å²) in [4.78, 5) is 15.2. The molecular weight excluding hydrogens is 426 g/mol. The molecule has 33 heavy (non-hydrogen) atoms. The molecule has 0 aromatic heterocycles. The van der Waals surface area contributed by atoms with Gasteiger partial charge < -0.3 is 28.8 Å². The molecule has 7 atom stereocenters. The molecule has 8 heteroatoms. The Balaban J connectivity index is 1.75. The summed E-state index contributed by atoms with van der Waals surface area (Å²) >= 11 is 0. The van der Waals surface area contributed by atoms with Gasteiger partial charge in [-0.15, -0.1) is 0 Å². The maximum atomic E-state index is 12.9. The van der Waals surface area contributed by atoms with E-state index in [0.717, 1.165) is 24.1 Å². The highest BCUT2D eigenvalue weighted by molar-refractivity contribution is 5.72. The summed E-state index contributed by atoms with van der Waals surface area (Å²) in [5.41, 5.74) is 0.632. The number of ether oxygens (including phenoxy) is 5. The molecule has 7 unspecified atom stereocenters. The first-order chi connectivity index (χ1) is 15.8. The molecule has 1 aromatic rings. The van der Waals surface area contributed by atoms with Crippen molar-refractivity contribution < 1.29 is 33.6 Å². The first kappa shape index (κ1) is 22.9. The highest BCUT2D eigenvalue weighted by Gasteiger charge is 2.83. The van der Waals surface area contributed by atoms with Gasteiger partial charge in [0.2, 0.25) is 5.79 Å². The third-order valence-corrected chi connectivity index (χ3v) is 9.01. The van der Waals surface area contributed by atoms with Gasteiger partial charge in [-0.2, -0.15) is 0 Å². The topological polar surface area (TPSA) is 86.7 Å². The van der Waals surface area contributed by atoms with Crippen molar-refractivity contribution in [3.8, 4) is 11.5 Å². The fourth-order valence-electron chi connectivity index (χ4n) is 7.41. The Morgan fingerprint density at radius 2 is 2.06 bits per heavy atom. The van der Waals surface area contributed by atoms with Crippen molar-refractivity contribution in [1.82, 2.24) is 4.90 Å². The molecule has 2 aliphatic carbocycles. The Kier molecular flexibility index (Phi) is 5.25. The number of methoxy groups -OCH3 is 3. The van der Waals surface area contributed by atoms with E-state index in [1.54, 1.807) is 27.4 Å². The third kappa shape index (κ3) is 2.53. The summed E-state index contributed by atoms with van der Waals surface area (Å²) in [6.07, 6.45) is 1.18. The van der Waals surface area contributed by atoms with Gasteiger partial charge in [0.15, 0.2) is 11.5 Å². The Labute approximate surface area is 195 Å². The smallest absolute Gasteiger partial charge is 0.309 e. The maximum absolute atomic E-state index is 12.9. The zero-order chi connectivity index (χ0) is 23.8. The number of benzene rings is 1. The summed E-state index contributed by atoms with van der Waals surface area (Å²) in [5, 5.41) is 11.4. The van der Waals surface area contributed by atoms with Crippen LogP contribution < -0.4 is 4.74 Å². The number of carbonyl (C=O) groups is 1. The molecule has 182 valence electrons. The summed E-state index contributed by atoms with van der Waals surface area (Å²) in [7, 11) is 6.90. The monoisotopic (exact) mass is 461 g/mol. The third-order valence-electron chi connectivity index (χ3n) is 9.01. The number of hydrogen-bond acceptors (Lipinski definition) is 8. The van der Waals surface area contributed by atoms with Gasteiger partial charge in [-0.05, 0) is 44.5 Å². The van der Waals surface area contributed by atoms with Gasteiger partial charge in [-0.1, -0.05) is 19.9 Å². The Morgan fingerprint density at radius 3 is 2.70 bits per heavy atom. The maximum Gasteiger partial charge on any atom is 0.309 e. The molecule has 2 saturated heterocycles. The zero-order valence-corrected chi connectivity index (χ0v) is 20.3. The van der Waals surface area contributed by atoms with Crippen LogP contribution in [0.15, 0.2) is 12.1 Å². The van der Waals surface area contributed by atoms with Crippen LogP contribution in [0.1, 0.15) is 56.8 Å². The second-order valence-corrected chi connectivity index (χ2v) is 10.0. The number of fused-ring (bicyclic) bond motifs is 3. The number of aromatic hydroxyl groups is 1. The Bertz CT molecular complexity index is 968. The molecule has 3 fully saturated rings. The molecule has 4 aliphatic rings. The van der Waals surface area contributed by atoms with Gasteiger partial charge in [-0.3, -0.25) is 9.69 Å². The number of likely N-dealkylation sites (tertiary alicyclic amines) is 1. The van der Waals surface area contributed by atoms with E-state index >= 15 is 0 Å². The predicted molar refractivity (Wildman–Crippen MR) is 119 cm³/mol. The SMILES string of the molecule is CCC(C)C(=O)OC1CC23CCN(C)C24CC(OC4(OC)C1OC)c1ccc(OC)c(O)c13. The molecule has 2 aliphatic heterocycles. The highest BCUT2D eigenvalue weighted by Crippen LogP contribution is 2.73. The Morgan fingerprint density at radius 1 is 1.30 bits per heavy atom. The van der Waals surface area contributed by atoms with Gasteiger partial charge >= 0.3 is 5.97 Å². The average Bonchev–Trinajstić information content (AvgIpc) is 3.31. The number of esters is 1. The van der Waals surface area contributed by atoms with Gasteiger partial charge in [0.1, 0.15) is 12.2 Å². The number of nitrogens with zero attached hydrogens (tertiary/aromatic N) is 1. The summed E-state index contributed by atoms with van der Waals surface area (Å²) < 4.78 is 30.7. The summed E-state index contributed by atoms with van der Waals surface area (Å²) in [6.45, 7) is 4.63. The molecule has 0 radical (unpaired) electrons. The van der Waals surface area contributed by atoms with Crippen LogP contribution >= 0.6 is 0 Å². The Hall–Kier alpha value is -1.87. The number of phenolic OH excluding ortho intramolecular Hbond substituents is 1. The van der Waals surface area contributed by atoms with Crippen molar-refractivity contribution in [2.24, 2.45) is 5.92 Å². The molecule has 8 nitrogen and oxygen atoms in total. The van der Waals surface area contributed by atoms with Crippen molar-refractivity contribution in [1.29, 1.82) is 0 Å². The van der Waals surface area contributed by atoms with Crippen molar-refractivity contribution >= 4 is 5.97 Å². The molecule has 1 N–H and O–H groups in total. The standard InChI is InChI=1S/C25H35NO7/c1-7-14(2)22(28)32-18-12-23-10-11-26(3)24(23)13-17(33-25(24,31-6)21(18)30-5)15-8-9-16(29-4)20(27)19(15)23/h8-9,14,17-18,21,27H,7,10-13H2,1-6H3. The lowest BCUT2D eigenvalue weighted by atomic mass is 9.50. The fraction of sp³-hybridized carbons (Fsp3) is 0.720. The van der Waals surface area contributed by atoms with E-state index in [-0.39, 0.29) is 23.7 Å². The first-order valence-corrected chi connectivity index (χ1v) is 11.8. The van der Waals surface area contributed by atoms with Crippen molar-refractivity contribution in [2.45, 2.75) is 74.6 Å². The highest BCUT2D eigenvalue weighted by atomic mass is 16.7. The van der Waals surface area contributed by atoms with Gasteiger partial charge in [0.25, 0.3) is 0 Å². The number of carbonyl (C=O) groups excluding carboxylic acids is 1. The normalized spacial score (nSPS) is 39.6. The minimum absolute atomic E-state index is 0.137.